The molecule has 3 rings (SSSR count). The molecule has 6 heteroatoms. The highest BCUT2D eigenvalue weighted by molar-refractivity contribution is 9.10. The van der Waals surface area contributed by atoms with Gasteiger partial charge in [0.1, 0.15) is 0 Å². The topological polar surface area (TPSA) is 0 Å². The molecule has 0 N–H and O–H groups in total. The maximum Gasteiger partial charge on any atom is 0.416 e. The molecular formula is C20H13Br2F3S. The summed E-state index contributed by atoms with van der Waals surface area (Å²) >= 11 is 8.65. The van der Waals surface area contributed by atoms with Crippen molar-refractivity contribution in [2.24, 2.45) is 0 Å². The number of benzene rings is 3. The highest BCUT2D eigenvalue weighted by Gasteiger charge is 2.30. The molecule has 0 aliphatic carbocycles. The molecule has 0 aromatic heterocycles. The molecule has 3 aromatic carbocycles. The van der Waals surface area contributed by atoms with Gasteiger partial charge in [0, 0.05) is 14.3 Å². The molecule has 0 amide bonds. The fraction of sp³-hybridized carbons (Fsp3) is 0.100. The number of hydrogen-bond acceptors (Lipinski definition) is 1. The first-order valence-electron chi connectivity index (χ1n) is 7.67. The molecule has 0 aliphatic rings. The second-order valence-electron chi connectivity index (χ2n) is 5.61. The Labute approximate surface area is 171 Å². The van der Waals surface area contributed by atoms with Crippen molar-refractivity contribution in [2.45, 2.75) is 20.8 Å². The Morgan fingerprint density at radius 1 is 0.692 bits per heavy atom. The second kappa shape index (κ2) is 8.19. The van der Waals surface area contributed by atoms with E-state index in [-0.39, 0.29) is 4.83 Å². The van der Waals surface area contributed by atoms with E-state index in [0.717, 1.165) is 37.5 Å². The Bertz CT molecular complexity index is 858. The Balaban J connectivity index is 1.72. The summed E-state index contributed by atoms with van der Waals surface area (Å²) < 4.78 is 39.1. The van der Waals surface area contributed by atoms with Crippen LogP contribution >= 0.6 is 43.6 Å². The summed E-state index contributed by atoms with van der Waals surface area (Å²) in [7, 11) is 0. The van der Waals surface area contributed by atoms with Crippen LogP contribution < -0.4 is 0 Å². The first-order chi connectivity index (χ1) is 12.3. The lowest BCUT2D eigenvalue weighted by Crippen LogP contribution is -2.04. The van der Waals surface area contributed by atoms with E-state index < -0.39 is 11.7 Å². The van der Waals surface area contributed by atoms with Gasteiger partial charge in [-0.15, -0.1) is 0 Å². The van der Waals surface area contributed by atoms with Gasteiger partial charge in [0.25, 0.3) is 0 Å². The van der Waals surface area contributed by atoms with Gasteiger partial charge in [0.05, 0.1) is 10.4 Å². The van der Waals surface area contributed by atoms with E-state index in [0.29, 0.717) is 0 Å². The van der Waals surface area contributed by atoms with Crippen LogP contribution in [-0.2, 0) is 6.18 Å². The predicted octanol–water partition coefficient (Wildman–Crippen LogP) is 8.10. The molecule has 0 spiro atoms. The third-order valence-electron chi connectivity index (χ3n) is 3.75. The van der Waals surface area contributed by atoms with Gasteiger partial charge >= 0.3 is 6.18 Å². The van der Waals surface area contributed by atoms with Crippen LogP contribution in [0.4, 0.5) is 13.2 Å². The fourth-order valence-electron chi connectivity index (χ4n) is 2.38. The molecule has 0 bridgehead atoms. The maximum absolute atomic E-state index is 12.7. The standard InChI is InChI=1S/C20H13Br2F3S/c21-16-7-11-18(12-8-16)26-17-9-3-14(4-10-17)19(22)13-1-5-15(6-2-13)20(23,24)25/h1-12,19H. The fourth-order valence-corrected chi connectivity index (χ4v) is 4.07. The number of rotatable bonds is 4. The predicted molar refractivity (Wildman–Crippen MR) is 107 cm³/mol. The van der Waals surface area contributed by atoms with Crippen LogP contribution in [0, 0.1) is 0 Å². The van der Waals surface area contributed by atoms with E-state index in [1.165, 1.54) is 12.1 Å². The number of hydrogen-bond donors (Lipinski definition) is 0. The van der Waals surface area contributed by atoms with E-state index >= 15 is 0 Å². The lowest BCUT2D eigenvalue weighted by atomic mass is 10.0. The summed E-state index contributed by atoms with van der Waals surface area (Å²) in [5, 5.41) is 0. The molecular weight excluding hydrogens is 489 g/mol. The minimum atomic E-state index is -4.31. The quantitative estimate of drug-likeness (QED) is 0.325. The van der Waals surface area contributed by atoms with Crippen LogP contribution in [0.5, 0.6) is 0 Å². The molecule has 0 aliphatic heterocycles. The van der Waals surface area contributed by atoms with Crippen LogP contribution in [0.2, 0.25) is 0 Å². The first kappa shape index (κ1) is 19.5. The zero-order valence-electron chi connectivity index (χ0n) is 13.3. The van der Waals surface area contributed by atoms with Gasteiger partial charge in [-0.1, -0.05) is 67.9 Å². The van der Waals surface area contributed by atoms with Crippen LogP contribution in [0.3, 0.4) is 0 Å². The lowest BCUT2D eigenvalue weighted by Gasteiger charge is -2.13. The molecule has 26 heavy (non-hydrogen) atoms. The van der Waals surface area contributed by atoms with E-state index in [1.807, 2.05) is 48.5 Å². The average Bonchev–Trinajstić information content (AvgIpc) is 2.63. The van der Waals surface area contributed by atoms with Crippen molar-refractivity contribution in [3.05, 3.63) is 94.0 Å². The van der Waals surface area contributed by atoms with Gasteiger partial charge in [-0.05, 0) is 59.7 Å². The summed E-state index contributed by atoms with van der Waals surface area (Å²) in [4.78, 5) is 2.08. The maximum atomic E-state index is 12.7. The molecule has 134 valence electrons. The van der Waals surface area contributed by atoms with Gasteiger partial charge in [-0.3, -0.25) is 0 Å². The highest BCUT2D eigenvalue weighted by Crippen LogP contribution is 2.36. The summed E-state index contributed by atoms with van der Waals surface area (Å²) in [6.45, 7) is 0. The first-order valence-corrected chi connectivity index (χ1v) is 10.2. The molecule has 0 heterocycles. The smallest absolute Gasteiger partial charge is 0.166 e. The van der Waals surface area contributed by atoms with Crippen molar-refractivity contribution in [2.75, 3.05) is 0 Å². The van der Waals surface area contributed by atoms with Crippen molar-refractivity contribution in [1.29, 1.82) is 0 Å². The monoisotopic (exact) mass is 500 g/mol. The SMILES string of the molecule is FC(F)(F)c1ccc(C(Br)c2ccc(Sc3ccc(Br)cc3)cc2)cc1. The molecule has 0 nitrogen and oxygen atoms in total. The Morgan fingerprint density at radius 3 is 1.58 bits per heavy atom. The number of halogens is 5. The van der Waals surface area contributed by atoms with Gasteiger partial charge in [0.2, 0.25) is 0 Å². The van der Waals surface area contributed by atoms with E-state index in [2.05, 4.69) is 31.9 Å². The third-order valence-corrected chi connectivity index (χ3v) is 6.35. The zero-order valence-corrected chi connectivity index (χ0v) is 17.3. The van der Waals surface area contributed by atoms with Crippen molar-refractivity contribution in [3.8, 4) is 0 Å². The van der Waals surface area contributed by atoms with E-state index in [1.54, 1.807) is 11.8 Å². The van der Waals surface area contributed by atoms with Crippen LogP contribution in [0.25, 0.3) is 0 Å². The van der Waals surface area contributed by atoms with Crippen LogP contribution in [0.15, 0.2) is 87.1 Å². The minimum Gasteiger partial charge on any atom is -0.166 e. The van der Waals surface area contributed by atoms with Crippen LogP contribution in [0.1, 0.15) is 21.5 Å². The van der Waals surface area contributed by atoms with Crippen molar-refractivity contribution in [3.63, 3.8) is 0 Å². The Morgan fingerprint density at radius 2 is 1.12 bits per heavy atom. The largest absolute Gasteiger partial charge is 0.416 e. The summed E-state index contributed by atoms with van der Waals surface area (Å²) in [5.74, 6) is 0. The molecule has 0 fully saturated rings. The normalized spacial score (nSPS) is 12.8. The van der Waals surface area contributed by atoms with Gasteiger partial charge < -0.3 is 0 Å². The van der Waals surface area contributed by atoms with Gasteiger partial charge in [0.15, 0.2) is 0 Å². The van der Waals surface area contributed by atoms with Crippen molar-refractivity contribution < 1.29 is 13.2 Å². The van der Waals surface area contributed by atoms with Crippen molar-refractivity contribution >= 4 is 43.6 Å². The summed E-state index contributed by atoms with van der Waals surface area (Å²) in [5.41, 5.74) is 1.14. The number of alkyl halides is 4. The summed E-state index contributed by atoms with van der Waals surface area (Å²) in [6.07, 6.45) is -4.31. The van der Waals surface area contributed by atoms with E-state index in [9.17, 15) is 13.2 Å². The molecule has 1 unspecified atom stereocenters. The molecule has 0 saturated carbocycles. The van der Waals surface area contributed by atoms with Gasteiger partial charge in [-0.25, -0.2) is 0 Å². The average molecular weight is 502 g/mol. The minimum absolute atomic E-state index is 0.156. The Hall–Kier alpha value is -1.24. The molecule has 0 radical (unpaired) electrons. The summed E-state index contributed by atoms with van der Waals surface area (Å²) in [6, 6.07) is 21.3. The second-order valence-corrected chi connectivity index (χ2v) is 8.59. The van der Waals surface area contributed by atoms with Gasteiger partial charge in [-0.2, -0.15) is 13.2 Å². The Kier molecular flexibility index (Phi) is 6.15. The molecule has 3 aromatic rings. The molecule has 0 saturated heterocycles. The van der Waals surface area contributed by atoms with E-state index in [4.69, 9.17) is 0 Å². The van der Waals surface area contributed by atoms with Crippen molar-refractivity contribution in [1.82, 2.24) is 0 Å². The molecule has 1 atom stereocenters. The highest BCUT2D eigenvalue weighted by atomic mass is 79.9. The zero-order chi connectivity index (χ0) is 18.7. The third kappa shape index (κ3) is 4.93. The van der Waals surface area contributed by atoms with Crippen LogP contribution in [-0.4, -0.2) is 0 Å². The lowest BCUT2D eigenvalue weighted by molar-refractivity contribution is -0.137.